The molecule has 16 heavy (non-hydrogen) atoms. The van der Waals surface area contributed by atoms with Crippen LogP contribution in [0.1, 0.15) is 45.4 Å². The van der Waals surface area contributed by atoms with E-state index in [0.29, 0.717) is 6.04 Å². The Labute approximate surface area is 98.8 Å². The molecule has 4 unspecified atom stereocenters. The van der Waals surface area contributed by atoms with E-state index in [-0.39, 0.29) is 12.1 Å². The number of aliphatic hydroxyl groups is 1. The lowest BCUT2D eigenvalue weighted by molar-refractivity contribution is 0.171. The van der Waals surface area contributed by atoms with Gasteiger partial charge >= 0.3 is 0 Å². The minimum atomic E-state index is 0.193. The van der Waals surface area contributed by atoms with Crippen molar-refractivity contribution < 1.29 is 5.11 Å². The fourth-order valence-electron chi connectivity index (χ4n) is 3.87. The van der Waals surface area contributed by atoms with Crippen molar-refractivity contribution in [2.24, 2.45) is 17.6 Å². The van der Waals surface area contributed by atoms with Crippen molar-refractivity contribution in [2.75, 3.05) is 13.2 Å². The first-order valence-electron chi connectivity index (χ1n) is 6.82. The maximum absolute atomic E-state index is 9.06. The molecule has 0 heterocycles. The Morgan fingerprint density at radius 1 is 1.50 bits per heavy atom. The van der Waals surface area contributed by atoms with Gasteiger partial charge < -0.3 is 16.2 Å². The van der Waals surface area contributed by atoms with Crippen LogP contribution in [0.2, 0.25) is 0 Å². The Balaban J connectivity index is 1.99. The van der Waals surface area contributed by atoms with E-state index in [0.717, 1.165) is 31.2 Å². The van der Waals surface area contributed by atoms with Crippen molar-refractivity contribution in [3.63, 3.8) is 0 Å². The Morgan fingerprint density at radius 2 is 2.31 bits per heavy atom. The Morgan fingerprint density at radius 3 is 2.75 bits per heavy atom. The van der Waals surface area contributed by atoms with Crippen LogP contribution in [-0.2, 0) is 0 Å². The van der Waals surface area contributed by atoms with Crippen molar-refractivity contribution in [1.29, 1.82) is 0 Å². The molecule has 3 heteroatoms. The Kier molecular flexibility index (Phi) is 3.88. The summed E-state index contributed by atoms with van der Waals surface area (Å²) in [7, 11) is 0. The van der Waals surface area contributed by atoms with Gasteiger partial charge in [0.15, 0.2) is 0 Å². The number of aliphatic hydroxyl groups excluding tert-OH is 1. The minimum Gasteiger partial charge on any atom is -0.396 e. The molecule has 2 bridgehead atoms. The van der Waals surface area contributed by atoms with E-state index in [1.165, 1.54) is 25.7 Å². The third-order valence-corrected chi connectivity index (χ3v) is 4.80. The maximum Gasteiger partial charge on any atom is 0.0445 e. The summed E-state index contributed by atoms with van der Waals surface area (Å²) in [5.41, 5.74) is 6.22. The number of hydrogen-bond donors (Lipinski definition) is 3. The van der Waals surface area contributed by atoms with Gasteiger partial charge in [-0.2, -0.15) is 0 Å². The highest BCUT2D eigenvalue weighted by atomic mass is 16.3. The van der Waals surface area contributed by atoms with Gasteiger partial charge in [0.05, 0.1) is 0 Å². The molecular weight excluding hydrogens is 200 g/mol. The van der Waals surface area contributed by atoms with Crippen LogP contribution in [0.3, 0.4) is 0 Å². The Hall–Kier alpha value is -0.120. The van der Waals surface area contributed by atoms with E-state index < -0.39 is 0 Å². The molecule has 4 atom stereocenters. The van der Waals surface area contributed by atoms with Crippen LogP contribution in [0, 0.1) is 11.8 Å². The molecule has 4 N–H and O–H groups in total. The molecule has 2 aliphatic rings. The van der Waals surface area contributed by atoms with Crippen molar-refractivity contribution in [3.8, 4) is 0 Å². The zero-order valence-corrected chi connectivity index (χ0v) is 10.4. The van der Waals surface area contributed by atoms with E-state index >= 15 is 0 Å². The number of nitrogens with one attached hydrogen (secondary N) is 1. The minimum absolute atomic E-state index is 0.193. The normalized spacial score (nSPS) is 39.2. The molecule has 0 aromatic heterocycles. The van der Waals surface area contributed by atoms with Gasteiger partial charge in [0, 0.05) is 24.7 Å². The third-order valence-electron chi connectivity index (χ3n) is 4.80. The van der Waals surface area contributed by atoms with Crippen LogP contribution in [0.5, 0.6) is 0 Å². The summed E-state index contributed by atoms with van der Waals surface area (Å²) in [5, 5.41) is 12.8. The molecule has 0 aromatic rings. The standard InChI is InChI=1S/C13H26N2O/c1-2-12(5-6-16)15-13(9-14)8-10-3-4-11(13)7-10/h10-12,15-16H,2-9,14H2,1H3. The van der Waals surface area contributed by atoms with Crippen LogP contribution in [-0.4, -0.2) is 29.8 Å². The zero-order chi connectivity index (χ0) is 11.6. The molecule has 0 radical (unpaired) electrons. The summed E-state index contributed by atoms with van der Waals surface area (Å²) >= 11 is 0. The van der Waals surface area contributed by atoms with Crippen LogP contribution in [0.15, 0.2) is 0 Å². The van der Waals surface area contributed by atoms with Gasteiger partial charge in [-0.05, 0) is 43.9 Å². The van der Waals surface area contributed by atoms with Crippen molar-refractivity contribution >= 4 is 0 Å². The summed E-state index contributed by atoms with van der Waals surface area (Å²) in [6, 6.07) is 0.438. The van der Waals surface area contributed by atoms with Crippen molar-refractivity contribution in [1.82, 2.24) is 5.32 Å². The highest BCUT2D eigenvalue weighted by Crippen LogP contribution is 2.50. The molecule has 0 spiro atoms. The lowest BCUT2D eigenvalue weighted by Crippen LogP contribution is -2.58. The third kappa shape index (κ3) is 2.13. The molecule has 0 saturated heterocycles. The smallest absolute Gasteiger partial charge is 0.0445 e. The second-order valence-electron chi connectivity index (χ2n) is 5.70. The van der Waals surface area contributed by atoms with Crippen molar-refractivity contribution in [3.05, 3.63) is 0 Å². The summed E-state index contributed by atoms with van der Waals surface area (Å²) in [6.45, 7) is 3.22. The fourth-order valence-corrected chi connectivity index (χ4v) is 3.87. The predicted octanol–water partition coefficient (Wildman–Crippen LogP) is 1.25. The fraction of sp³-hybridized carbons (Fsp3) is 1.00. The molecule has 0 aromatic carbocycles. The summed E-state index contributed by atoms with van der Waals surface area (Å²) < 4.78 is 0. The van der Waals surface area contributed by atoms with Gasteiger partial charge in [0.25, 0.3) is 0 Å². The highest BCUT2D eigenvalue weighted by Gasteiger charge is 2.50. The summed E-state index contributed by atoms with van der Waals surface area (Å²) in [6.07, 6.45) is 7.33. The predicted molar refractivity (Wildman–Crippen MR) is 66.2 cm³/mol. The number of hydrogen-bond acceptors (Lipinski definition) is 3. The van der Waals surface area contributed by atoms with E-state index in [1.807, 2.05) is 0 Å². The largest absolute Gasteiger partial charge is 0.396 e. The van der Waals surface area contributed by atoms with E-state index in [9.17, 15) is 0 Å². The zero-order valence-electron chi connectivity index (χ0n) is 10.4. The van der Waals surface area contributed by atoms with Gasteiger partial charge in [0.1, 0.15) is 0 Å². The molecule has 2 saturated carbocycles. The van der Waals surface area contributed by atoms with Gasteiger partial charge in [-0.15, -0.1) is 0 Å². The SMILES string of the molecule is CCC(CCO)NC1(CN)CC2CCC1C2. The van der Waals surface area contributed by atoms with Gasteiger partial charge in [-0.25, -0.2) is 0 Å². The molecule has 0 aliphatic heterocycles. The van der Waals surface area contributed by atoms with E-state index in [4.69, 9.17) is 10.8 Å². The van der Waals surface area contributed by atoms with Gasteiger partial charge in [-0.1, -0.05) is 13.3 Å². The van der Waals surface area contributed by atoms with Crippen LogP contribution >= 0.6 is 0 Å². The first-order valence-corrected chi connectivity index (χ1v) is 6.82. The number of fused-ring (bicyclic) bond motifs is 2. The lowest BCUT2D eigenvalue weighted by Gasteiger charge is -2.41. The highest BCUT2D eigenvalue weighted by molar-refractivity contribution is 5.07. The van der Waals surface area contributed by atoms with Gasteiger partial charge in [0.2, 0.25) is 0 Å². The lowest BCUT2D eigenvalue weighted by atomic mass is 9.80. The van der Waals surface area contributed by atoms with Crippen LogP contribution in [0.4, 0.5) is 0 Å². The van der Waals surface area contributed by atoms with Crippen molar-refractivity contribution in [2.45, 2.75) is 57.0 Å². The molecule has 2 fully saturated rings. The van der Waals surface area contributed by atoms with Crippen LogP contribution in [0.25, 0.3) is 0 Å². The monoisotopic (exact) mass is 226 g/mol. The maximum atomic E-state index is 9.06. The average Bonchev–Trinajstić information content (AvgIpc) is 2.89. The molecular formula is C13H26N2O. The Bertz CT molecular complexity index is 234. The average molecular weight is 226 g/mol. The second kappa shape index (κ2) is 5.03. The van der Waals surface area contributed by atoms with Crippen LogP contribution < -0.4 is 11.1 Å². The topological polar surface area (TPSA) is 58.3 Å². The molecule has 2 rings (SSSR count). The molecule has 94 valence electrons. The summed E-state index contributed by atoms with van der Waals surface area (Å²) in [4.78, 5) is 0. The van der Waals surface area contributed by atoms with E-state index in [1.54, 1.807) is 0 Å². The second-order valence-corrected chi connectivity index (χ2v) is 5.70. The number of nitrogens with two attached hydrogens (primary N) is 1. The van der Waals surface area contributed by atoms with Gasteiger partial charge in [-0.3, -0.25) is 0 Å². The quantitative estimate of drug-likeness (QED) is 0.639. The first-order chi connectivity index (χ1) is 7.74. The molecule has 0 amide bonds. The first kappa shape index (κ1) is 12.3. The molecule has 3 nitrogen and oxygen atoms in total. The summed E-state index contributed by atoms with van der Waals surface area (Å²) in [5.74, 6) is 1.70. The molecule has 2 aliphatic carbocycles. The van der Waals surface area contributed by atoms with E-state index in [2.05, 4.69) is 12.2 Å². The number of rotatable bonds is 6.